The largest absolute Gasteiger partial charge is 0.342 e. The summed E-state index contributed by atoms with van der Waals surface area (Å²) in [5.74, 6) is -12.6. The van der Waals surface area contributed by atoms with Gasteiger partial charge in [-0.1, -0.05) is 119 Å². The summed E-state index contributed by atoms with van der Waals surface area (Å²) in [6.45, 7) is 6.99. The normalized spacial score (nSPS) is 23.4. The van der Waals surface area contributed by atoms with Crippen LogP contribution in [-0.2, 0) is 83.2 Å². The van der Waals surface area contributed by atoms with Crippen molar-refractivity contribution in [2.24, 2.45) is 11.8 Å². The third-order valence-corrected chi connectivity index (χ3v) is 18.5. The smallest absolute Gasteiger partial charge is 0.246 e. The van der Waals surface area contributed by atoms with Crippen molar-refractivity contribution in [1.29, 1.82) is 0 Å². The molecule has 24 nitrogen and oxygen atoms in total. The van der Waals surface area contributed by atoms with Gasteiger partial charge >= 0.3 is 0 Å². The van der Waals surface area contributed by atoms with Gasteiger partial charge in [0.15, 0.2) is 0 Å². The average molecular weight is 1380 g/mol. The Morgan fingerprint density at radius 2 is 1.03 bits per heavy atom. The molecular formula is C71H93ClF2N12O12. The van der Waals surface area contributed by atoms with E-state index in [9.17, 15) is 51.9 Å². The molecule has 0 bridgehead atoms. The molecule has 0 saturated carbocycles. The van der Waals surface area contributed by atoms with Crippen molar-refractivity contribution in [2.45, 2.75) is 134 Å². The number of hydrogen-bond acceptors (Lipinski definition) is 12. The number of carbonyl (C=O) groups excluding carboxylic acids is 12. The third-order valence-electron chi connectivity index (χ3n) is 18.3. The molecule has 6 rings (SSSR count). The summed E-state index contributed by atoms with van der Waals surface area (Å²) in [4.78, 5) is 185. The number of likely N-dealkylation sites (N-methyl/N-ethyl adjacent to an activating group) is 7. The van der Waals surface area contributed by atoms with Crippen LogP contribution >= 0.6 is 11.6 Å². The molecule has 12 amide bonds. The van der Waals surface area contributed by atoms with Crippen molar-refractivity contribution in [3.63, 3.8) is 0 Å². The zero-order valence-corrected chi connectivity index (χ0v) is 58.6. The summed E-state index contributed by atoms with van der Waals surface area (Å²) in [5.41, 5.74) is 1.58. The van der Waals surface area contributed by atoms with Gasteiger partial charge in [0, 0.05) is 99.2 Å². The number of nitrogens with zero attached hydrogens (tertiary/aromatic N) is 8. The molecule has 9 atom stereocenters. The summed E-state index contributed by atoms with van der Waals surface area (Å²) >= 11 is 6.22. The van der Waals surface area contributed by atoms with Crippen LogP contribution in [0.25, 0.3) is 0 Å². The highest BCUT2D eigenvalue weighted by Crippen LogP contribution is 2.23. The fourth-order valence-electron chi connectivity index (χ4n) is 11.9. The van der Waals surface area contributed by atoms with Gasteiger partial charge in [0.05, 0.1) is 26.1 Å². The van der Waals surface area contributed by atoms with Gasteiger partial charge in [-0.25, -0.2) is 8.78 Å². The molecule has 2 aliphatic heterocycles. The molecule has 0 aliphatic carbocycles. The Bertz CT molecular complexity index is 3490. The monoisotopic (exact) mass is 1380 g/mol. The topological polar surface area (TPSA) is 279 Å². The van der Waals surface area contributed by atoms with Crippen LogP contribution in [0.2, 0.25) is 5.02 Å². The molecule has 98 heavy (non-hydrogen) atoms. The molecule has 4 aromatic carbocycles. The van der Waals surface area contributed by atoms with Crippen LogP contribution < -0.4 is 21.3 Å². The first-order valence-corrected chi connectivity index (χ1v) is 33.2. The minimum absolute atomic E-state index is 0.0844. The van der Waals surface area contributed by atoms with Gasteiger partial charge in [-0.15, -0.1) is 0 Å². The molecule has 0 aromatic heterocycles. The highest BCUT2D eigenvalue weighted by Gasteiger charge is 2.42. The summed E-state index contributed by atoms with van der Waals surface area (Å²) in [6, 6.07) is 14.8. The minimum Gasteiger partial charge on any atom is -0.342 e. The molecule has 0 radical (unpaired) electrons. The van der Waals surface area contributed by atoms with Crippen molar-refractivity contribution < 1.29 is 66.3 Å². The number of benzene rings is 4. The van der Waals surface area contributed by atoms with E-state index in [1.807, 2.05) is 0 Å². The van der Waals surface area contributed by atoms with E-state index in [1.165, 1.54) is 61.2 Å². The predicted molar refractivity (Wildman–Crippen MR) is 363 cm³/mol. The first-order valence-electron chi connectivity index (χ1n) is 32.8. The zero-order chi connectivity index (χ0) is 72.4. The van der Waals surface area contributed by atoms with Gasteiger partial charge in [-0.2, -0.15) is 0 Å². The Morgan fingerprint density at radius 1 is 0.510 bits per heavy atom. The Balaban J connectivity index is 1.46. The summed E-state index contributed by atoms with van der Waals surface area (Å²) in [6.07, 6.45) is 0.0347. The van der Waals surface area contributed by atoms with E-state index in [2.05, 4.69) is 21.3 Å². The van der Waals surface area contributed by atoms with E-state index < -0.39 is 175 Å². The molecule has 530 valence electrons. The first-order chi connectivity index (χ1) is 46.3. The van der Waals surface area contributed by atoms with E-state index in [0.717, 1.165) is 46.4 Å². The van der Waals surface area contributed by atoms with Crippen molar-refractivity contribution in [3.05, 3.63) is 142 Å². The van der Waals surface area contributed by atoms with Crippen molar-refractivity contribution in [2.75, 3.05) is 82.1 Å². The molecule has 2 heterocycles. The van der Waals surface area contributed by atoms with Crippen LogP contribution in [0.1, 0.15) is 82.6 Å². The summed E-state index contributed by atoms with van der Waals surface area (Å²) in [5, 5.41) is 11.3. The maximum absolute atomic E-state index is 15.5. The zero-order valence-electron chi connectivity index (χ0n) is 57.9. The third kappa shape index (κ3) is 21.1. The molecule has 2 saturated heterocycles. The van der Waals surface area contributed by atoms with E-state index in [0.29, 0.717) is 60.1 Å². The lowest BCUT2D eigenvalue weighted by molar-refractivity contribution is -0.150. The van der Waals surface area contributed by atoms with E-state index in [4.69, 9.17) is 11.6 Å². The van der Waals surface area contributed by atoms with Crippen LogP contribution in [0.15, 0.2) is 103 Å². The first kappa shape index (κ1) is 77.7. The lowest BCUT2D eigenvalue weighted by Gasteiger charge is -2.38. The van der Waals surface area contributed by atoms with Crippen LogP contribution in [0.3, 0.4) is 0 Å². The fourth-order valence-corrected chi connectivity index (χ4v) is 12.1. The molecule has 4 aromatic rings. The van der Waals surface area contributed by atoms with Gasteiger partial charge in [0.1, 0.15) is 60.0 Å². The Kier molecular flexibility index (Phi) is 28.4. The number of carbonyl (C=O) groups is 12. The quantitative estimate of drug-likeness (QED) is 0.159. The predicted octanol–water partition coefficient (Wildman–Crippen LogP) is 3.26. The van der Waals surface area contributed by atoms with Gasteiger partial charge < -0.3 is 60.5 Å². The average Bonchev–Trinajstić information content (AvgIpc) is 0.856. The second kappa shape index (κ2) is 35.8. The SMILES string of the molecule is CC[C@H](C)[C@@H]1NC(=O)[C@H](C)N(C)C(=O)CC(C(=O)N2CCCC2)NC(=O)[C@H](C(C)C)N(C)C(=O)[C@H](Cc2ccccc2)N(C)C(=O)[C@H](Cc2ccccc2)NC(=O)[C@H](Cc2cc(F)cc(F)c2)NC(=O)CN(C)C(=O)[C@H](Cc2ccc(Cl)cc2)N(C)C(=O)CN(C)C(=O)CN(C)C1=O. The molecule has 27 heteroatoms. The fraction of sp³-hybridized carbons (Fsp3) is 0.493. The number of hydrogen-bond donors (Lipinski definition) is 4. The van der Waals surface area contributed by atoms with Crippen molar-refractivity contribution in [1.82, 2.24) is 60.5 Å². The van der Waals surface area contributed by atoms with Gasteiger partial charge in [-0.3, -0.25) is 57.5 Å². The Morgan fingerprint density at radius 3 is 1.59 bits per heavy atom. The van der Waals surface area contributed by atoms with E-state index in [-0.39, 0.29) is 24.8 Å². The van der Waals surface area contributed by atoms with Crippen LogP contribution in [0.5, 0.6) is 0 Å². The van der Waals surface area contributed by atoms with Gasteiger partial charge in [0.2, 0.25) is 70.9 Å². The van der Waals surface area contributed by atoms with Crippen molar-refractivity contribution in [3.8, 4) is 0 Å². The summed E-state index contributed by atoms with van der Waals surface area (Å²) in [7, 11) is 9.32. The molecule has 2 fully saturated rings. The second-order valence-electron chi connectivity index (χ2n) is 26.0. The minimum atomic E-state index is -1.71. The number of likely N-dealkylation sites (tertiary alicyclic amines) is 1. The van der Waals surface area contributed by atoms with E-state index >= 15 is 14.4 Å². The molecule has 4 N–H and O–H groups in total. The van der Waals surface area contributed by atoms with Crippen LogP contribution in [0, 0.1) is 23.5 Å². The standard InChI is InChI=1S/C71H93ClF2N12O12/c1-13-44(4)62-71(98)81(8)41-60(89)79(6)42-61(90)83(10)56(37-48-26-28-50(72)29-27-48)69(96)80(7)40-58(87)75-53(35-49-32-51(73)38-52(74)33-49)65(92)76-54(34-46-22-16-14-17-23-46)67(94)84(11)57(36-47-24-18-15-19-25-47)70(97)85(12)63(43(2)3)66(93)77-55(68(95)86-30-20-21-31-86)39-59(88)82(9)45(5)64(91)78-62/h14-19,22-29,32-33,38,43-45,53-57,62-63H,13,20-21,30-31,34-37,39-42H2,1-12H3,(H,75,87)(H,76,92)(H,77,93)(H,78,91)/t44-,45-,53-,54-,55?,56-,57-,62-,63-/m0/s1. The van der Waals surface area contributed by atoms with Crippen LogP contribution in [-0.4, -0.2) is 240 Å². The second-order valence-corrected chi connectivity index (χ2v) is 26.4. The van der Waals surface area contributed by atoms with E-state index in [1.54, 1.807) is 113 Å². The molecular weight excluding hydrogens is 1290 g/mol. The van der Waals surface area contributed by atoms with Gasteiger partial charge in [-0.05, 0) is 78.1 Å². The lowest BCUT2D eigenvalue weighted by atomic mass is 9.97. The summed E-state index contributed by atoms with van der Waals surface area (Å²) < 4.78 is 29.9. The van der Waals surface area contributed by atoms with Gasteiger partial charge in [0.25, 0.3) is 0 Å². The Labute approximate surface area is 577 Å². The maximum Gasteiger partial charge on any atom is 0.246 e. The highest BCUT2D eigenvalue weighted by atomic mass is 35.5. The Hall–Kier alpha value is -9.33. The molecule has 2 aliphatic rings. The maximum atomic E-state index is 15.5. The lowest BCUT2D eigenvalue weighted by Crippen LogP contribution is -2.61. The number of amides is 12. The molecule has 0 spiro atoms. The number of halogens is 3. The number of rotatable bonds is 12. The molecule has 1 unspecified atom stereocenters. The van der Waals surface area contributed by atoms with Crippen molar-refractivity contribution >= 4 is 82.5 Å². The highest BCUT2D eigenvalue weighted by molar-refractivity contribution is 6.30. The number of nitrogens with one attached hydrogen (secondary N) is 4. The van der Waals surface area contributed by atoms with Crippen LogP contribution in [0.4, 0.5) is 8.78 Å².